The molecule has 2 N–H and O–H groups in total. The fraction of sp³-hybridized carbons (Fsp3) is 0.875. The second-order valence-corrected chi connectivity index (χ2v) is 8.23. The van der Waals surface area contributed by atoms with E-state index in [-0.39, 0.29) is 0 Å². The summed E-state index contributed by atoms with van der Waals surface area (Å²) in [6.45, 7) is 2.26. The molecule has 2 aliphatic carbocycles. The summed E-state index contributed by atoms with van der Waals surface area (Å²) in [5.41, 5.74) is 6.13. The largest absolute Gasteiger partial charge is 0.337 e. The zero-order valence-electron chi connectivity index (χ0n) is 13.0. The van der Waals surface area contributed by atoms with Crippen LogP contribution in [0.2, 0.25) is 0 Å². The number of nitrogens with zero attached hydrogens (tertiary/aromatic N) is 2. The molecule has 0 aromatic carbocycles. The molecule has 21 heavy (non-hydrogen) atoms. The van der Waals surface area contributed by atoms with Crippen LogP contribution in [0.1, 0.15) is 76.4 Å². The van der Waals surface area contributed by atoms with Crippen LogP contribution in [0.25, 0.3) is 0 Å². The zero-order valence-corrected chi connectivity index (χ0v) is 13.8. The van der Waals surface area contributed by atoms with Crippen LogP contribution >= 0.6 is 11.8 Å². The van der Waals surface area contributed by atoms with Gasteiger partial charge in [-0.3, -0.25) is 0 Å². The van der Waals surface area contributed by atoms with Crippen LogP contribution in [0.3, 0.4) is 0 Å². The van der Waals surface area contributed by atoms with Crippen LogP contribution < -0.4 is 5.73 Å². The highest BCUT2D eigenvalue weighted by Crippen LogP contribution is 2.37. The molecule has 0 saturated heterocycles. The summed E-state index contributed by atoms with van der Waals surface area (Å²) < 4.78 is 5.50. The quantitative estimate of drug-likeness (QED) is 0.910. The maximum Gasteiger partial charge on any atom is 0.246 e. The van der Waals surface area contributed by atoms with Gasteiger partial charge in [-0.2, -0.15) is 16.7 Å². The molecular weight excluding hydrogens is 282 g/mol. The second-order valence-electron chi connectivity index (χ2n) is 6.94. The van der Waals surface area contributed by atoms with Gasteiger partial charge in [-0.05, 0) is 31.6 Å². The Balaban J connectivity index is 1.57. The van der Waals surface area contributed by atoms with Crippen molar-refractivity contribution in [2.45, 2.75) is 81.3 Å². The third-order valence-electron chi connectivity index (χ3n) is 4.93. The summed E-state index contributed by atoms with van der Waals surface area (Å²) in [7, 11) is 0. The predicted molar refractivity (Wildman–Crippen MR) is 86.0 cm³/mol. The third kappa shape index (κ3) is 3.81. The van der Waals surface area contributed by atoms with Gasteiger partial charge in [-0.1, -0.05) is 44.2 Å². The van der Waals surface area contributed by atoms with E-state index in [9.17, 15) is 0 Å². The molecule has 0 aliphatic heterocycles. The number of aromatic nitrogens is 2. The number of thioether (sulfide) groups is 1. The Labute approximate surface area is 131 Å². The molecule has 0 spiro atoms. The lowest BCUT2D eigenvalue weighted by atomic mass is 9.77. The summed E-state index contributed by atoms with van der Waals surface area (Å²) in [5, 5.41) is 4.94. The Morgan fingerprint density at radius 1 is 1.24 bits per heavy atom. The SMILES string of the molecule is CC1CCCC(N)(c2nc(CSC3CCCCC3)no2)C1. The van der Waals surface area contributed by atoms with E-state index in [2.05, 4.69) is 17.1 Å². The summed E-state index contributed by atoms with van der Waals surface area (Å²) in [5.74, 6) is 2.99. The fourth-order valence-electron chi connectivity index (χ4n) is 3.73. The van der Waals surface area contributed by atoms with Gasteiger partial charge in [0.15, 0.2) is 5.82 Å². The molecule has 4 nitrogen and oxygen atoms in total. The van der Waals surface area contributed by atoms with Crippen molar-refractivity contribution in [1.29, 1.82) is 0 Å². The normalized spacial score (nSPS) is 31.4. The highest BCUT2D eigenvalue weighted by atomic mass is 32.2. The first-order chi connectivity index (χ1) is 10.2. The highest BCUT2D eigenvalue weighted by Gasteiger charge is 2.37. The molecule has 0 radical (unpaired) electrons. The lowest BCUT2D eigenvalue weighted by Gasteiger charge is -2.33. The second kappa shape index (κ2) is 6.69. The lowest BCUT2D eigenvalue weighted by molar-refractivity contribution is 0.183. The lowest BCUT2D eigenvalue weighted by Crippen LogP contribution is -2.41. The maximum atomic E-state index is 6.52. The Kier molecular flexibility index (Phi) is 4.89. The molecule has 1 aromatic rings. The highest BCUT2D eigenvalue weighted by molar-refractivity contribution is 7.99. The first-order valence-electron chi connectivity index (χ1n) is 8.39. The Morgan fingerprint density at radius 3 is 2.81 bits per heavy atom. The van der Waals surface area contributed by atoms with E-state index < -0.39 is 5.54 Å². The summed E-state index contributed by atoms with van der Waals surface area (Å²) in [6.07, 6.45) is 11.2. The average Bonchev–Trinajstić information content (AvgIpc) is 2.96. The average molecular weight is 309 g/mol. The summed E-state index contributed by atoms with van der Waals surface area (Å²) in [4.78, 5) is 4.60. The maximum absolute atomic E-state index is 6.52. The smallest absolute Gasteiger partial charge is 0.246 e. The zero-order chi connectivity index (χ0) is 14.7. The Hall–Kier alpha value is -0.550. The van der Waals surface area contributed by atoms with Gasteiger partial charge in [0.1, 0.15) is 0 Å². The number of nitrogens with two attached hydrogens (primary N) is 1. The number of rotatable bonds is 4. The molecular formula is C16H27N3OS. The van der Waals surface area contributed by atoms with E-state index in [0.717, 1.165) is 36.1 Å². The van der Waals surface area contributed by atoms with E-state index in [1.165, 1.54) is 38.5 Å². The van der Waals surface area contributed by atoms with Gasteiger partial charge < -0.3 is 10.3 Å². The minimum absolute atomic E-state index is 0.390. The van der Waals surface area contributed by atoms with E-state index in [1.54, 1.807) is 0 Å². The van der Waals surface area contributed by atoms with E-state index in [4.69, 9.17) is 10.3 Å². The molecule has 5 heteroatoms. The van der Waals surface area contributed by atoms with Gasteiger partial charge in [0.2, 0.25) is 5.89 Å². The molecule has 0 bridgehead atoms. The van der Waals surface area contributed by atoms with Crippen molar-refractivity contribution in [2.75, 3.05) is 0 Å². The van der Waals surface area contributed by atoms with Crippen LogP contribution in [-0.4, -0.2) is 15.4 Å². The van der Waals surface area contributed by atoms with Gasteiger partial charge in [-0.15, -0.1) is 0 Å². The first-order valence-corrected chi connectivity index (χ1v) is 9.44. The van der Waals surface area contributed by atoms with Crippen LogP contribution in [0.5, 0.6) is 0 Å². The fourth-order valence-corrected chi connectivity index (χ4v) is 4.89. The van der Waals surface area contributed by atoms with Crippen molar-refractivity contribution in [1.82, 2.24) is 10.1 Å². The van der Waals surface area contributed by atoms with Crippen LogP contribution in [0.15, 0.2) is 4.52 Å². The summed E-state index contributed by atoms with van der Waals surface area (Å²) in [6, 6.07) is 0. The van der Waals surface area contributed by atoms with Crippen LogP contribution in [-0.2, 0) is 11.3 Å². The third-order valence-corrected chi connectivity index (χ3v) is 6.29. The van der Waals surface area contributed by atoms with Crippen molar-refractivity contribution < 1.29 is 4.52 Å². The molecule has 2 atom stereocenters. The van der Waals surface area contributed by atoms with Crippen molar-refractivity contribution >= 4 is 11.8 Å². The van der Waals surface area contributed by atoms with E-state index >= 15 is 0 Å². The molecule has 2 unspecified atom stereocenters. The first kappa shape index (κ1) is 15.3. The Morgan fingerprint density at radius 2 is 2.05 bits per heavy atom. The molecule has 3 rings (SSSR count). The van der Waals surface area contributed by atoms with Crippen molar-refractivity contribution in [3.8, 4) is 0 Å². The van der Waals surface area contributed by atoms with Gasteiger partial charge in [0.25, 0.3) is 0 Å². The minimum atomic E-state index is -0.390. The molecule has 0 amide bonds. The van der Waals surface area contributed by atoms with Crippen molar-refractivity contribution in [3.05, 3.63) is 11.7 Å². The van der Waals surface area contributed by atoms with Gasteiger partial charge in [0.05, 0.1) is 11.3 Å². The molecule has 1 heterocycles. The monoisotopic (exact) mass is 309 g/mol. The van der Waals surface area contributed by atoms with Crippen molar-refractivity contribution in [3.63, 3.8) is 0 Å². The number of hydrogen-bond acceptors (Lipinski definition) is 5. The van der Waals surface area contributed by atoms with Gasteiger partial charge >= 0.3 is 0 Å². The van der Waals surface area contributed by atoms with Crippen LogP contribution in [0, 0.1) is 5.92 Å². The molecule has 1 aromatic heterocycles. The van der Waals surface area contributed by atoms with Gasteiger partial charge in [-0.25, -0.2) is 0 Å². The molecule has 2 saturated carbocycles. The van der Waals surface area contributed by atoms with Crippen molar-refractivity contribution in [2.24, 2.45) is 11.7 Å². The molecule has 118 valence electrons. The van der Waals surface area contributed by atoms with Gasteiger partial charge in [0, 0.05) is 5.25 Å². The topological polar surface area (TPSA) is 64.9 Å². The number of hydrogen-bond donors (Lipinski definition) is 1. The standard InChI is InChI=1S/C16H27N3OS/c1-12-6-5-9-16(17,10-12)15-18-14(19-20-15)11-21-13-7-3-2-4-8-13/h12-13H,2-11,17H2,1H3. The molecule has 2 fully saturated rings. The minimum Gasteiger partial charge on any atom is -0.337 e. The Bertz CT molecular complexity index is 458. The predicted octanol–water partition coefficient (Wildman–Crippen LogP) is 4.00. The molecule has 2 aliphatic rings. The van der Waals surface area contributed by atoms with Crippen LogP contribution in [0.4, 0.5) is 0 Å². The van der Waals surface area contributed by atoms with E-state index in [1.807, 2.05) is 11.8 Å². The van der Waals surface area contributed by atoms with E-state index in [0.29, 0.717) is 11.8 Å². The summed E-state index contributed by atoms with van der Waals surface area (Å²) >= 11 is 1.98.